The Morgan fingerprint density at radius 1 is 1.44 bits per heavy atom. The smallest absolute Gasteiger partial charge is 0.229 e. The number of hydrogen-bond acceptors (Lipinski definition) is 4. The van der Waals surface area contributed by atoms with Crippen LogP contribution in [0.3, 0.4) is 0 Å². The SMILES string of the molecule is CC(=O)n1c2ccccc2c2nc(N)sc21. The van der Waals surface area contributed by atoms with Crippen molar-refractivity contribution in [2.75, 3.05) is 5.73 Å². The van der Waals surface area contributed by atoms with Crippen molar-refractivity contribution in [2.24, 2.45) is 0 Å². The van der Waals surface area contributed by atoms with Crippen LogP contribution in [-0.4, -0.2) is 15.5 Å². The van der Waals surface area contributed by atoms with Crippen molar-refractivity contribution >= 4 is 43.6 Å². The summed E-state index contributed by atoms with van der Waals surface area (Å²) in [6, 6.07) is 7.72. The summed E-state index contributed by atoms with van der Waals surface area (Å²) in [5.74, 6) is -0.0187. The second-order valence-electron chi connectivity index (χ2n) is 3.58. The van der Waals surface area contributed by atoms with Crippen molar-refractivity contribution in [1.29, 1.82) is 0 Å². The van der Waals surface area contributed by atoms with Crippen molar-refractivity contribution < 1.29 is 4.79 Å². The Kier molecular flexibility index (Phi) is 1.79. The number of fused-ring (bicyclic) bond motifs is 3. The van der Waals surface area contributed by atoms with Gasteiger partial charge in [-0.1, -0.05) is 29.5 Å². The summed E-state index contributed by atoms with van der Waals surface area (Å²) in [6.45, 7) is 1.54. The van der Waals surface area contributed by atoms with E-state index < -0.39 is 0 Å². The lowest BCUT2D eigenvalue weighted by Gasteiger charge is -1.98. The summed E-state index contributed by atoms with van der Waals surface area (Å²) in [5, 5.41) is 1.46. The third-order valence-corrected chi connectivity index (χ3v) is 3.41. The van der Waals surface area contributed by atoms with Gasteiger partial charge in [0.25, 0.3) is 0 Å². The molecule has 0 spiro atoms. The van der Waals surface area contributed by atoms with Crippen LogP contribution in [0.15, 0.2) is 24.3 Å². The Hall–Kier alpha value is -1.88. The molecule has 0 aliphatic rings. The highest BCUT2D eigenvalue weighted by molar-refractivity contribution is 7.22. The number of nitrogens with two attached hydrogens (primary N) is 1. The molecule has 2 heterocycles. The molecule has 2 N–H and O–H groups in total. The molecule has 3 rings (SSSR count). The zero-order valence-corrected chi connectivity index (χ0v) is 9.41. The van der Waals surface area contributed by atoms with Crippen LogP contribution in [0.1, 0.15) is 11.7 Å². The monoisotopic (exact) mass is 231 g/mol. The van der Waals surface area contributed by atoms with Crippen molar-refractivity contribution in [1.82, 2.24) is 9.55 Å². The van der Waals surface area contributed by atoms with Gasteiger partial charge in [-0.15, -0.1) is 0 Å². The molecule has 0 amide bonds. The van der Waals surface area contributed by atoms with E-state index in [-0.39, 0.29) is 5.91 Å². The summed E-state index contributed by atoms with van der Waals surface area (Å²) >= 11 is 1.34. The average Bonchev–Trinajstić information content (AvgIpc) is 2.72. The third kappa shape index (κ3) is 1.09. The van der Waals surface area contributed by atoms with Crippen LogP contribution in [0.2, 0.25) is 0 Å². The summed E-state index contributed by atoms with van der Waals surface area (Å²) in [7, 11) is 0. The van der Waals surface area contributed by atoms with Crippen LogP contribution < -0.4 is 5.73 Å². The fourth-order valence-electron chi connectivity index (χ4n) is 1.95. The third-order valence-electron chi connectivity index (χ3n) is 2.54. The van der Waals surface area contributed by atoms with Gasteiger partial charge in [0.05, 0.1) is 5.52 Å². The molecule has 0 unspecified atom stereocenters. The predicted octanol–water partition coefficient (Wildman–Crippen LogP) is 2.49. The molecule has 0 fully saturated rings. The average molecular weight is 231 g/mol. The molecule has 0 bridgehead atoms. The fourth-order valence-corrected chi connectivity index (χ4v) is 2.85. The quantitative estimate of drug-likeness (QED) is 0.646. The summed E-state index contributed by atoms with van der Waals surface area (Å²) < 4.78 is 1.67. The van der Waals surface area contributed by atoms with Gasteiger partial charge in [0.15, 0.2) is 5.13 Å². The van der Waals surface area contributed by atoms with Gasteiger partial charge in [-0.05, 0) is 6.07 Å². The predicted molar refractivity (Wildman–Crippen MR) is 65.8 cm³/mol. The molecular weight excluding hydrogens is 222 g/mol. The minimum Gasteiger partial charge on any atom is -0.375 e. The maximum Gasteiger partial charge on any atom is 0.229 e. The molecule has 0 aliphatic heterocycles. The van der Waals surface area contributed by atoms with Gasteiger partial charge in [-0.2, -0.15) is 0 Å². The Labute approximate surface area is 95.3 Å². The normalized spacial score (nSPS) is 11.3. The van der Waals surface area contributed by atoms with Crippen LogP contribution in [0.4, 0.5) is 5.13 Å². The van der Waals surface area contributed by atoms with Gasteiger partial charge in [-0.3, -0.25) is 9.36 Å². The van der Waals surface area contributed by atoms with E-state index in [1.165, 1.54) is 11.3 Å². The number of benzene rings is 1. The lowest BCUT2D eigenvalue weighted by atomic mass is 10.2. The molecule has 4 nitrogen and oxygen atoms in total. The van der Waals surface area contributed by atoms with E-state index in [9.17, 15) is 4.79 Å². The first-order valence-corrected chi connectivity index (χ1v) is 5.66. The van der Waals surface area contributed by atoms with Crippen molar-refractivity contribution in [3.63, 3.8) is 0 Å². The number of hydrogen-bond donors (Lipinski definition) is 1. The largest absolute Gasteiger partial charge is 0.375 e. The summed E-state index contributed by atoms with van der Waals surface area (Å²) in [6.07, 6.45) is 0. The second kappa shape index (κ2) is 3.05. The Balaban J connectivity index is 2.61. The Morgan fingerprint density at radius 2 is 2.19 bits per heavy atom. The first-order valence-electron chi connectivity index (χ1n) is 4.85. The van der Waals surface area contributed by atoms with Gasteiger partial charge in [0, 0.05) is 12.3 Å². The molecule has 0 atom stereocenters. The maximum absolute atomic E-state index is 11.6. The van der Waals surface area contributed by atoms with E-state index >= 15 is 0 Å². The number of anilines is 1. The molecule has 16 heavy (non-hydrogen) atoms. The number of rotatable bonds is 0. The number of para-hydroxylation sites is 1. The number of carbonyl (C=O) groups excluding carboxylic acids is 1. The van der Waals surface area contributed by atoms with Crippen LogP contribution in [-0.2, 0) is 0 Å². The van der Waals surface area contributed by atoms with Crippen LogP contribution in [0.5, 0.6) is 0 Å². The van der Waals surface area contributed by atoms with E-state index in [4.69, 9.17) is 5.73 Å². The van der Waals surface area contributed by atoms with Gasteiger partial charge in [-0.25, -0.2) is 4.98 Å². The molecule has 0 aliphatic carbocycles. The topological polar surface area (TPSA) is 60.9 Å². The van der Waals surface area contributed by atoms with Crippen LogP contribution in [0, 0.1) is 0 Å². The molecule has 2 aromatic heterocycles. The second-order valence-corrected chi connectivity index (χ2v) is 4.59. The van der Waals surface area contributed by atoms with E-state index in [0.29, 0.717) is 5.13 Å². The first kappa shape index (κ1) is 9.35. The molecule has 0 saturated heterocycles. The Bertz CT molecular complexity index is 710. The molecule has 80 valence electrons. The van der Waals surface area contributed by atoms with Crippen LogP contribution in [0.25, 0.3) is 21.3 Å². The van der Waals surface area contributed by atoms with E-state index in [2.05, 4.69) is 4.98 Å². The molecule has 0 radical (unpaired) electrons. The highest BCUT2D eigenvalue weighted by Gasteiger charge is 2.16. The number of carbonyl (C=O) groups is 1. The van der Waals surface area contributed by atoms with Gasteiger partial charge >= 0.3 is 0 Å². The summed E-state index contributed by atoms with van der Waals surface area (Å²) in [4.78, 5) is 16.7. The molecule has 0 saturated carbocycles. The molecule has 3 aromatic rings. The molecule has 1 aromatic carbocycles. The number of thiazole rings is 1. The minimum atomic E-state index is -0.0187. The van der Waals surface area contributed by atoms with Crippen LogP contribution >= 0.6 is 11.3 Å². The lowest BCUT2D eigenvalue weighted by molar-refractivity contribution is 0.0947. The standard InChI is InChI=1S/C11H9N3OS/c1-6(15)14-8-5-3-2-4-7(8)9-10(14)16-11(12)13-9/h2-5H,1H3,(H2,12,13). The summed E-state index contributed by atoms with van der Waals surface area (Å²) in [5.41, 5.74) is 7.38. The van der Waals surface area contributed by atoms with E-state index in [1.807, 2.05) is 24.3 Å². The zero-order valence-electron chi connectivity index (χ0n) is 8.60. The van der Waals surface area contributed by atoms with Crippen molar-refractivity contribution in [3.05, 3.63) is 24.3 Å². The van der Waals surface area contributed by atoms with Crippen molar-refractivity contribution in [3.8, 4) is 0 Å². The molecule has 5 heteroatoms. The Morgan fingerprint density at radius 3 is 2.94 bits per heavy atom. The highest BCUT2D eigenvalue weighted by Crippen LogP contribution is 2.33. The maximum atomic E-state index is 11.6. The van der Waals surface area contributed by atoms with Crippen molar-refractivity contribution in [2.45, 2.75) is 6.92 Å². The van der Waals surface area contributed by atoms with Gasteiger partial charge in [0.2, 0.25) is 5.91 Å². The number of nitrogens with zero attached hydrogens (tertiary/aromatic N) is 2. The van der Waals surface area contributed by atoms with E-state index in [0.717, 1.165) is 21.3 Å². The van der Waals surface area contributed by atoms with E-state index in [1.54, 1.807) is 11.5 Å². The van der Waals surface area contributed by atoms with Gasteiger partial charge in [0.1, 0.15) is 10.3 Å². The minimum absolute atomic E-state index is 0.0187. The zero-order chi connectivity index (χ0) is 11.3. The van der Waals surface area contributed by atoms with Gasteiger partial charge < -0.3 is 5.73 Å². The lowest BCUT2D eigenvalue weighted by Crippen LogP contribution is -2.03. The highest BCUT2D eigenvalue weighted by atomic mass is 32.1. The number of nitrogen functional groups attached to an aromatic ring is 1. The first-order chi connectivity index (χ1) is 7.68. The molecular formula is C11H9N3OS. The number of aromatic nitrogens is 2. The fraction of sp³-hybridized carbons (Fsp3) is 0.0909.